The molecule has 0 bridgehead atoms. The number of benzene rings is 1. The molecule has 0 saturated heterocycles. The zero-order chi connectivity index (χ0) is 13.0. The molecule has 98 valence electrons. The van der Waals surface area contributed by atoms with Gasteiger partial charge < -0.3 is 9.84 Å². The Kier molecular flexibility index (Phi) is 4.63. The summed E-state index contributed by atoms with van der Waals surface area (Å²) in [7, 11) is 0. The fraction of sp³-hybridized carbons (Fsp3) is 0.385. The quantitative estimate of drug-likeness (QED) is 0.814. The summed E-state index contributed by atoms with van der Waals surface area (Å²) in [5.74, 6) is 0. The van der Waals surface area contributed by atoms with E-state index in [1.54, 1.807) is 11.3 Å². The zero-order valence-corrected chi connectivity index (χ0v) is 10.5. The van der Waals surface area contributed by atoms with E-state index < -0.39 is 19.1 Å². The van der Waals surface area contributed by atoms with E-state index in [0.29, 0.717) is 6.42 Å². The van der Waals surface area contributed by atoms with Crippen LogP contribution >= 0.6 is 11.3 Å². The lowest BCUT2D eigenvalue weighted by Crippen LogP contribution is -2.08. The number of fused-ring (bicyclic) bond motifs is 1. The highest BCUT2D eigenvalue weighted by Crippen LogP contribution is 2.30. The van der Waals surface area contributed by atoms with Gasteiger partial charge in [-0.3, -0.25) is 0 Å². The van der Waals surface area contributed by atoms with Crippen LogP contribution in [0.5, 0.6) is 0 Å². The topological polar surface area (TPSA) is 29.5 Å². The SMILES string of the molecule is OC(CCOCC(F)F)c1cccc2ccsc12. The van der Waals surface area contributed by atoms with E-state index in [4.69, 9.17) is 4.74 Å². The van der Waals surface area contributed by atoms with Gasteiger partial charge in [0.15, 0.2) is 0 Å². The van der Waals surface area contributed by atoms with Gasteiger partial charge in [0.2, 0.25) is 0 Å². The van der Waals surface area contributed by atoms with Crippen LogP contribution in [0, 0.1) is 0 Å². The van der Waals surface area contributed by atoms with E-state index in [2.05, 4.69) is 0 Å². The minimum absolute atomic E-state index is 0.132. The first-order valence-corrected chi connectivity index (χ1v) is 6.56. The van der Waals surface area contributed by atoms with Crippen molar-refractivity contribution in [3.8, 4) is 0 Å². The van der Waals surface area contributed by atoms with Crippen LogP contribution in [0.2, 0.25) is 0 Å². The van der Waals surface area contributed by atoms with E-state index in [1.807, 2.05) is 29.6 Å². The van der Waals surface area contributed by atoms with Gasteiger partial charge in [0.1, 0.15) is 6.61 Å². The highest BCUT2D eigenvalue weighted by Gasteiger charge is 2.12. The molecule has 1 unspecified atom stereocenters. The number of rotatable bonds is 6. The van der Waals surface area contributed by atoms with E-state index in [-0.39, 0.29) is 6.61 Å². The summed E-state index contributed by atoms with van der Waals surface area (Å²) in [5, 5.41) is 13.1. The van der Waals surface area contributed by atoms with Gasteiger partial charge in [0.25, 0.3) is 6.43 Å². The molecular formula is C13H14F2O2S. The first kappa shape index (κ1) is 13.4. The number of aliphatic hydroxyl groups is 1. The van der Waals surface area contributed by atoms with Crippen LogP contribution < -0.4 is 0 Å². The van der Waals surface area contributed by atoms with E-state index in [1.165, 1.54) is 0 Å². The van der Waals surface area contributed by atoms with Crippen LogP contribution in [0.4, 0.5) is 8.78 Å². The lowest BCUT2D eigenvalue weighted by molar-refractivity contribution is 0.00496. The molecule has 0 aliphatic rings. The Bertz CT molecular complexity index is 498. The number of hydrogen-bond acceptors (Lipinski definition) is 3. The maximum atomic E-state index is 11.9. The van der Waals surface area contributed by atoms with Gasteiger partial charge in [0.05, 0.1) is 6.10 Å². The molecule has 2 aromatic rings. The first-order valence-electron chi connectivity index (χ1n) is 5.68. The van der Waals surface area contributed by atoms with Gasteiger partial charge in [-0.1, -0.05) is 18.2 Å². The van der Waals surface area contributed by atoms with Crippen LogP contribution in [-0.4, -0.2) is 24.7 Å². The third-order valence-electron chi connectivity index (χ3n) is 2.65. The third kappa shape index (κ3) is 3.25. The van der Waals surface area contributed by atoms with Gasteiger partial charge in [0, 0.05) is 17.7 Å². The summed E-state index contributed by atoms with van der Waals surface area (Å²) < 4.78 is 29.5. The van der Waals surface area contributed by atoms with Crippen LogP contribution in [0.15, 0.2) is 29.6 Å². The van der Waals surface area contributed by atoms with Crippen molar-refractivity contribution in [1.82, 2.24) is 0 Å². The Balaban J connectivity index is 1.96. The molecule has 0 radical (unpaired) electrons. The Labute approximate surface area is 108 Å². The molecule has 1 N–H and O–H groups in total. The molecular weight excluding hydrogens is 258 g/mol. The summed E-state index contributed by atoms with van der Waals surface area (Å²) in [5.41, 5.74) is 0.836. The molecule has 1 heterocycles. The Morgan fingerprint density at radius 1 is 1.28 bits per heavy atom. The van der Waals surface area contributed by atoms with Crippen LogP contribution in [0.3, 0.4) is 0 Å². The van der Waals surface area contributed by atoms with E-state index in [0.717, 1.165) is 15.6 Å². The molecule has 0 aliphatic carbocycles. The highest BCUT2D eigenvalue weighted by molar-refractivity contribution is 7.17. The lowest BCUT2D eigenvalue weighted by atomic mass is 10.1. The molecule has 0 spiro atoms. The molecule has 0 amide bonds. The number of thiophene rings is 1. The van der Waals surface area contributed by atoms with Gasteiger partial charge in [-0.2, -0.15) is 0 Å². The van der Waals surface area contributed by atoms with Gasteiger partial charge in [-0.05, 0) is 22.4 Å². The molecule has 18 heavy (non-hydrogen) atoms. The Morgan fingerprint density at radius 2 is 2.11 bits per heavy atom. The number of alkyl halides is 2. The van der Waals surface area contributed by atoms with Crippen molar-refractivity contribution < 1.29 is 18.6 Å². The Hall–Kier alpha value is -1.04. The van der Waals surface area contributed by atoms with Crippen molar-refractivity contribution in [2.45, 2.75) is 19.0 Å². The van der Waals surface area contributed by atoms with Crippen molar-refractivity contribution >= 4 is 21.4 Å². The predicted octanol–water partition coefficient (Wildman–Crippen LogP) is 3.61. The molecule has 2 nitrogen and oxygen atoms in total. The van der Waals surface area contributed by atoms with Crippen molar-refractivity contribution in [1.29, 1.82) is 0 Å². The summed E-state index contributed by atoms with van der Waals surface area (Å²) in [6, 6.07) is 7.71. The molecule has 1 aromatic heterocycles. The van der Waals surface area contributed by atoms with Crippen LogP contribution in [-0.2, 0) is 4.74 Å². The monoisotopic (exact) mass is 272 g/mol. The third-order valence-corrected chi connectivity index (χ3v) is 3.63. The summed E-state index contributed by atoms with van der Waals surface area (Å²) >= 11 is 1.57. The number of halogens is 2. The van der Waals surface area contributed by atoms with E-state index in [9.17, 15) is 13.9 Å². The second-order valence-corrected chi connectivity index (χ2v) is 4.87. The van der Waals surface area contributed by atoms with Crippen LogP contribution in [0.25, 0.3) is 10.1 Å². The smallest absolute Gasteiger partial charge is 0.261 e. The van der Waals surface area contributed by atoms with Crippen molar-refractivity contribution in [2.24, 2.45) is 0 Å². The summed E-state index contributed by atoms with van der Waals surface area (Å²) in [6.07, 6.45) is -2.81. The van der Waals surface area contributed by atoms with Gasteiger partial charge >= 0.3 is 0 Å². The van der Waals surface area contributed by atoms with Crippen molar-refractivity contribution in [3.63, 3.8) is 0 Å². The zero-order valence-electron chi connectivity index (χ0n) is 9.68. The molecule has 1 atom stereocenters. The highest BCUT2D eigenvalue weighted by atomic mass is 32.1. The van der Waals surface area contributed by atoms with Crippen molar-refractivity contribution in [2.75, 3.05) is 13.2 Å². The standard InChI is InChI=1S/C13H14F2O2S/c14-12(15)8-17-6-4-11(16)10-3-1-2-9-5-7-18-13(9)10/h1-3,5,7,11-12,16H,4,6,8H2. The maximum Gasteiger partial charge on any atom is 0.261 e. The number of hydrogen-bond donors (Lipinski definition) is 1. The second-order valence-electron chi connectivity index (χ2n) is 3.96. The molecule has 5 heteroatoms. The Morgan fingerprint density at radius 3 is 2.89 bits per heavy atom. The van der Waals surface area contributed by atoms with Gasteiger partial charge in [-0.15, -0.1) is 11.3 Å². The number of ether oxygens (including phenoxy) is 1. The summed E-state index contributed by atoms with van der Waals surface area (Å²) in [6.45, 7) is -0.441. The second kappa shape index (κ2) is 6.22. The minimum Gasteiger partial charge on any atom is -0.388 e. The average molecular weight is 272 g/mol. The summed E-state index contributed by atoms with van der Waals surface area (Å²) in [4.78, 5) is 0. The predicted molar refractivity (Wildman–Crippen MR) is 68.2 cm³/mol. The minimum atomic E-state index is -2.46. The normalized spacial score (nSPS) is 13.3. The number of aliphatic hydroxyl groups excluding tert-OH is 1. The van der Waals surface area contributed by atoms with Crippen molar-refractivity contribution in [3.05, 3.63) is 35.2 Å². The molecule has 1 aromatic carbocycles. The molecule has 0 aliphatic heterocycles. The fourth-order valence-electron chi connectivity index (χ4n) is 1.80. The first-order chi connectivity index (χ1) is 8.68. The maximum absolute atomic E-state index is 11.9. The fourth-order valence-corrected chi connectivity index (χ4v) is 2.76. The lowest BCUT2D eigenvalue weighted by Gasteiger charge is -2.12. The molecule has 0 saturated carbocycles. The van der Waals surface area contributed by atoms with E-state index >= 15 is 0 Å². The molecule has 2 rings (SSSR count). The van der Waals surface area contributed by atoms with Crippen LogP contribution in [0.1, 0.15) is 18.1 Å². The molecule has 0 fully saturated rings. The largest absolute Gasteiger partial charge is 0.388 e. The average Bonchev–Trinajstić information content (AvgIpc) is 2.82. The van der Waals surface area contributed by atoms with Gasteiger partial charge in [-0.25, -0.2) is 8.78 Å².